The van der Waals surface area contributed by atoms with Gasteiger partial charge in [0.25, 0.3) is 0 Å². The topological polar surface area (TPSA) is 26.3 Å². The first kappa shape index (κ1) is 28.1. The largest absolute Gasteiger partial charge is 0.419 e. The minimum Gasteiger partial charge on any atom is -0.419 e. The minimum absolute atomic E-state index is 0.778. The van der Waals surface area contributed by atoms with Gasteiger partial charge in [-0.3, -0.25) is 4.79 Å². The zero-order valence-electron chi connectivity index (χ0n) is 18.3. The van der Waals surface area contributed by atoms with Crippen LogP contribution in [-0.4, -0.2) is 16.5 Å². The van der Waals surface area contributed by atoms with Crippen molar-refractivity contribution in [1.29, 1.82) is 0 Å². The molecule has 2 nitrogen and oxygen atoms in total. The van der Waals surface area contributed by atoms with Crippen molar-refractivity contribution in [3.8, 4) is 5.75 Å². The number of esters is 1. The Balaban J connectivity index is 2.33. The van der Waals surface area contributed by atoms with Crippen molar-refractivity contribution in [3.05, 3.63) is 29.1 Å². The zero-order valence-corrected chi connectivity index (χ0v) is 19.9. The predicted molar refractivity (Wildman–Crippen MR) is 118 cm³/mol. The Kier molecular flexibility index (Phi) is 12.9. The third-order valence-electron chi connectivity index (χ3n) is 4.70. The summed E-state index contributed by atoms with van der Waals surface area (Å²) in [6, 6.07) is 0. The van der Waals surface area contributed by atoms with Gasteiger partial charge in [-0.25, -0.2) is 13.2 Å². The molecule has 0 fully saturated rings. The second-order valence-electron chi connectivity index (χ2n) is 7.89. The van der Waals surface area contributed by atoms with Crippen molar-refractivity contribution in [2.24, 2.45) is 0 Å². The highest BCUT2D eigenvalue weighted by molar-refractivity contribution is 8.77. The Bertz CT molecular complexity index is 685. The Morgan fingerprint density at radius 1 is 0.742 bits per heavy atom. The van der Waals surface area contributed by atoms with Crippen molar-refractivity contribution in [2.75, 3.05) is 5.75 Å². The van der Waals surface area contributed by atoms with Gasteiger partial charge in [0.05, 0.1) is 0 Å². The van der Waals surface area contributed by atoms with Gasteiger partial charge in [0.1, 0.15) is 4.75 Å². The highest BCUT2D eigenvalue weighted by Crippen LogP contribution is 2.38. The number of hydrogen-bond acceptors (Lipinski definition) is 4. The Morgan fingerprint density at radius 2 is 1.16 bits per heavy atom. The molecule has 0 aliphatic rings. The Hall–Kier alpha value is -0.960. The smallest absolute Gasteiger partial charge is 0.328 e. The van der Waals surface area contributed by atoms with Crippen LogP contribution in [0.5, 0.6) is 5.75 Å². The molecule has 0 saturated carbocycles. The molecule has 0 radical (unpaired) electrons. The lowest BCUT2D eigenvalue weighted by Crippen LogP contribution is -2.32. The number of hydrogen-bond donors (Lipinski definition) is 0. The summed E-state index contributed by atoms with van der Waals surface area (Å²) in [5, 5.41) is 0. The first-order chi connectivity index (χ1) is 14.6. The molecule has 0 bridgehead atoms. The zero-order chi connectivity index (χ0) is 23.4. The van der Waals surface area contributed by atoms with Crippen LogP contribution in [0.1, 0.15) is 85.0 Å². The fourth-order valence-corrected chi connectivity index (χ4v) is 5.26. The average Bonchev–Trinajstić information content (AvgIpc) is 2.74. The third kappa shape index (κ3) is 9.20. The van der Waals surface area contributed by atoms with Crippen molar-refractivity contribution in [3.63, 3.8) is 0 Å². The maximum absolute atomic E-state index is 13.7. The van der Waals surface area contributed by atoms with Crippen LogP contribution in [0.3, 0.4) is 0 Å². The van der Waals surface area contributed by atoms with Crippen LogP contribution < -0.4 is 4.74 Å². The predicted octanol–water partition coefficient (Wildman–Crippen LogP) is 8.37. The van der Waals surface area contributed by atoms with Crippen molar-refractivity contribution in [1.82, 2.24) is 0 Å². The second-order valence-corrected chi connectivity index (χ2v) is 10.9. The average molecular weight is 487 g/mol. The lowest BCUT2D eigenvalue weighted by molar-refractivity contribution is -0.136. The molecule has 0 saturated heterocycles. The molecule has 178 valence electrons. The second kappa shape index (κ2) is 14.2. The molecule has 0 unspecified atom stereocenters. The van der Waals surface area contributed by atoms with Crippen LogP contribution in [0.4, 0.5) is 22.0 Å². The van der Waals surface area contributed by atoms with Crippen molar-refractivity contribution < 1.29 is 31.5 Å². The van der Waals surface area contributed by atoms with Gasteiger partial charge in [0, 0.05) is 5.75 Å². The van der Waals surface area contributed by atoms with Gasteiger partial charge in [-0.05, 0) is 20.3 Å². The third-order valence-corrected chi connectivity index (χ3v) is 7.96. The van der Waals surface area contributed by atoms with Crippen LogP contribution in [0.25, 0.3) is 0 Å². The number of benzene rings is 1. The molecule has 0 aromatic heterocycles. The van der Waals surface area contributed by atoms with Gasteiger partial charge >= 0.3 is 5.97 Å². The maximum Gasteiger partial charge on any atom is 0.328 e. The molecule has 1 rings (SSSR count). The van der Waals surface area contributed by atoms with Crippen molar-refractivity contribution >= 4 is 27.6 Å². The minimum atomic E-state index is -2.30. The summed E-state index contributed by atoms with van der Waals surface area (Å²) < 4.78 is 70.3. The molecule has 0 atom stereocenters. The van der Waals surface area contributed by atoms with Crippen LogP contribution in [0.15, 0.2) is 0 Å². The first-order valence-corrected chi connectivity index (χ1v) is 13.0. The fourth-order valence-electron chi connectivity index (χ4n) is 2.76. The summed E-state index contributed by atoms with van der Waals surface area (Å²) in [5.41, 5.74) is 0. The molecule has 0 spiro atoms. The molecule has 31 heavy (non-hydrogen) atoms. The fraction of sp³-hybridized carbons (Fsp3) is 0.682. The van der Waals surface area contributed by atoms with Crippen LogP contribution in [0.2, 0.25) is 0 Å². The van der Waals surface area contributed by atoms with Crippen LogP contribution in [0, 0.1) is 29.1 Å². The maximum atomic E-state index is 13.7. The number of carbonyl (C=O) groups excluding carboxylic acids is 1. The molecule has 9 heteroatoms. The number of ether oxygens (including phenoxy) is 1. The van der Waals surface area contributed by atoms with Crippen LogP contribution >= 0.6 is 21.6 Å². The lowest BCUT2D eigenvalue weighted by Gasteiger charge is -2.21. The molecule has 0 aliphatic carbocycles. The van der Waals surface area contributed by atoms with Gasteiger partial charge in [-0.1, -0.05) is 86.3 Å². The summed E-state index contributed by atoms with van der Waals surface area (Å²) in [6.07, 6.45) is 12.1. The number of halogens is 5. The summed E-state index contributed by atoms with van der Waals surface area (Å²) in [4.78, 5) is 12.3. The summed E-state index contributed by atoms with van der Waals surface area (Å²) in [5.74, 6) is -12.8. The van der Waals surface area contributed by atoms with Gasteiger partial charge < -0.3 is 4.74 Å². The van der Waals surface area contributed by atoms with E-state index in [-0.39, 0.29) is 0 Å². The van der Waals surface area contributed by atoms with Gasteiger partial charge in [-0.15, -0.1) is 0 Å². The standard InChI is InChI=1S/C22H31F5O2S2/c1-4-5-6-7-8-9-10-11-12-13-14-30-31-22(2,3)21(28)29-20-18(26)16(24)15(23)17(25)19(20)27/h4-14H2,1-3H3. The molecular weight excluding hydrogens is 455 g/mol. The SMILES string of the molecule is CCCCCCCCCCCCSSC(C)(C)C(=O)Oc1c(F)c(F)c(F)c(F)c1F. The number of rotatable bonds is 15. The van der Waals surface area contributed by atoms with E-state index in [4.69, 9.17) is 0 Å². The Morgan fingerprint density at radius 3 is 1.65 bits per heavy atom. The van der Waals surface area contributed by atoms with Crippen LogP contribution in [-0.2, 0) is 4.79 Å². The van der Waals surface area contributed by atoms with Gasteiger partial charge in [0.2, 0.25) is 34.8 Å². The van der Waals surface area contributed by atoms with E-state index >= 15 is 0 Å². The highest BCUT2D eigenvalue weighted by Gasteiger charge is 2.35. The van der Waals surface area contributed by atoms with Crippen molar-refractivity contribution in [2.45, 2.75) is 89.7 Å². The first-order valence-electron chi connectivity index (χ1n) is 10.7. The van der Waals surface area contributed by atoms with E-state index in [1.807, 2.05) is 0 Å². The van der Waals surface area contributed by atoms with Gasteiger partial charge in [-0.2, -0.15) is 8.78 Å². The monoisotopic (exact) mass is 486 g/mol. The molecule has 1 aromatic rings. The van der Waals surface area contributed by atoms with E-state index in [0.29, 0.717) is 0 Å². The summed E-state index contributed by atoms with van der Waals surface area (Å²) in [6.45, 7) is 5.14. The van der Waals surface area contributed by atoms with E-state index in [1.54, 1.807) is 0 Å². The molecule has 0 heterocycles. The summed E-state index contributed by atoms with van der Waals surface area (Å²) in [7, 11) is 2.56. The molecule has 0 amide bonds. The van der Waals surface area contributed by atoms with Gasteiger partial charge in [0.15, 0.2) is 0 Å². The lowest BCUT2D eigenvalue weighted by atomic mass is 10.1. The summed E-state index contributed by atoms with van der Waals surface area (Å²) >= 11 is 0. The van der Waals surface area contributed by atoms with E-state index in [2.05, 4.69) is 11.7 Å². The normalized spacial score (nSPS) is 11.7. The molecule has 0 aliphatic heterocycles. The quantitative estimate of drug-likeness (QED) is 0.0473. The molecular formula is C22H31F5O2S2. The van der Waals surface area contributed by atoms with E-state index < -0.39 is 45.6 Å². The number of carbonyl (C=O) groups is 1. The Labute approximate surface area is 189 Å². The highest BCUT2D eigenvalue weighted by atomic mass is 33.1. The molecule has 1 aromatic carbocycles. The number of unbranched alkanes of at least 4 members (excludes halogenated alkanes) is 9. The van der Waals surface area contributed by atoms with E-state index in [0.717, 1.165) is 35.8 Å². The van der Waals surface area contributed by atoms with E-state index in [1.165, 1.54) is 69.6 Å². The molecule has 0 N–H and O–H groups in total. The van der Waals surface area contributed by atoms with E-state index in [9.17, 15) is 26.7 Å².